The van der Waals surface area contributed by atoms with E-state index in [4.69, 9.17) is 9.47 Å². The highest BCUT2D eigenvalue weighted by Crippen LogP contribution is 2.33. The van der Waals surface area contributed by atoms with Crippen molar-refractivity contribution in [1.29, 1.82) is 5.26 Å². The van der Waals surface area contributed by atoms with Crippen LogP contribution in [0, 0.1) is 17.1 Å². The number of benzene rings is 2. The molecule has 2 heterocycles. The number of hydrogen-bond acceptors (Lipinski definition) is 7. The van der Waals surface area contributed by atoms with Gasteiger partial charge in [0.15, 0.2) is 16.6 Å². The number of ether oxygens (including phenoxy) is 2. The van der Waals surface area contributed by atoms with E-state index in [1.165, 1.54) is 31.2 Å². The van der Waals surface area contributed by atoms with E-state index in [1.54, 1.807) is 29.6 Å². The average Bonchev–Trinajstić information content (AvgIpc) is 3.26. The molecule has 0 aliphatic carbocycles. The molecular weight excluding hydrogens is 447 g/mol. The smallest absolute Gasteiger partial charge is 0.266 e. The van der Waals surface area contributed by atoms with E-state index < -0.39 is 17.6 Å². The number of nitrogens with zero attached hydrogens (tertiary/aromatic N) is 3. The summed E-state index contributed by atoms with van der Waals surface area (Å²) in [6, 6.07) is 12.6. The maximum absolute atomic E-state index is 14.2. The molecule has 1 aliphatic rings. The maximum Gasteiger partial charge on any atom is 0.266 e. The van der Waals surface area contributed by atoms with E-state index in [0.717, 1.165) is 16.2 Å². The molecule has 2 amide bonds. The Labute approximate surface area is 192 Å². The number of carbonyl (C=O) groups is 2. The lowest BCUT2D eigenvalue weighted by Gasteiger charge is -2.18. The number of nitrogens with one attached hydrogen (secondary N) is 1. The Hall–Kier alpha value is -4.23. The molecular formula is C23H17FN4O4S. The number of hydrogen-bond donors (Lipinski definition) is 1. The first kappa shape index (κ1) is 22.0. The first-order valence-corrected chi connectivity index (χ1v) is 10.7. The summed E-state index contributed by atoms with van der Waals surface area (Å²) in [4.78, 5) is 30.2. The van der Waals surface area contributed by atoms with Crippen LogP contribution in [0.5, 0.6) is 11.5 Å². The zero-order valence-corrected chi connectivity index (χ0v) is 18.2. The molecule has 33 heavy (non-hydrogen) atoms. The van der Waals surface area contributed by atoms with Crippen molar-refractivity contribution in [2.24, 2.45) is 0 Å². The highest BCUT2D eigenvalue weighted by atomic mass is 32.1. The largest absolute Gasteiger partial charge is 0.486 e. The fourth-order valence-corrected chi connectivity index (χ4v) is 3.94. The lowest BCUT2D eigenvalue weighted by molar-refractivity contribution is -0.116. The fraction of sp³-hybridized carbons (Fsp3) is 0.130. The van der Waals surface area contributed by atoms with Crippen LogP contribution in [0.2, 0.25) is 0 Å². The second-order valence-electron chi connectivity index (χ2n) is 6.84. The number of carbonyl (C=O) groups excluding carboxylic acids is 2. The molecule has 10 heteroatoms. The van der Waals surface area contributed by atoms with Crippen molar-refractivity contribution < 1.29 is 23.5 Å². The summed E-state index contributed by atoms with van der Waals surface area (Å²) in [6.45, 7) is 2.16. The molecule has 0 fully saturated rings. The van der Waals surface area contributed by atoms with Gasteiger partial charge in [-0.2, -0.15) is 5.26 Å². The van der Waals surface area contributed by atoms with Crippen molar-refractivity contribution in [3.8, 4) is 17.6 Å². The van der Waals surface area contributed by atoms with Gasteiger partial charge in [0.1, 0.15) is 30.7 Å². The number of para-hydroxylation sites is 1. The molecule has 0 unspecified atom stereocenters. The Balaban J connectivity index is 1.55. The molecule has 0 bridgehead atoms. The van der Waals surface area contributed by atoms with Crippen LogP contribution in [0.3, 0.4) is 0 Å². The number of aromatic nitrogens is 1. The van der Waals surface area contributed by atoms with Gasteiger partial charge in [0, 0.05) is 24.1 Å². The van der Waals surface area contributed by atoms with Crippen LogP contribution < -0.4 is 19.7 Å². The van der Waals surface area contributed by atoms with Crippen molar-refractivity contribution in [3.05, 3.63) is 64.9 Å². The molecule has 0 spiro atoms. The van der Waals surface area contributed by atoms with E-state index in [-0.39, 0.29) is 22.1 Å². The number of nitriles is 1. The van der Waals surface area contributed by atoms with Gasteiger partial charge in [-0.3, -0.25) is 14.5 Å². The molecule has 2 aromatic carbocycles. The number of fused-ring (bicyclic) bond motifs is 1. The summed E-state index contributed by atoms with van der Waals surface area (Å²) in [5.74, 6) is -0.557. The van der Waals surface area contributed by atoms with Crippen LogP contribution in [0.1, 0.15) is 12.6 Å². The molecule has 1 aromatic heterocycles. The predicted molar refractivity (Wildman–Crippen MR) is 121 cm³/mol. The standard InChI is InChI=1S/C23H17FN4O4S/c1-14(29)28(19-5-3-2-4-18(19)24)23-27-17(13-33-23)10-15(12-25)22(30)26-16-6-7-20-21(11-16)32-9-8-31-20/h2-7,10-11,13H,8-9H2,1H3,(H,26,30)/b15-10-. The first-order chi connectivity index (χ1) is 16.0. The van der Waals surface area contributed by atoms with Gasteiger partial charge < -0.3 is 14.8 Å². The van der Waals surface area contributed by atoms with Crippen LogP contribution in [0.25, 0.3) is 6.08 Å². The highest BCUT2D eigenvalue weighted by molar-refractivity contribution is 7.14. The monoisotopic (exact) mass is 464 g/mol. The second kappa shape index (κ2) is 9.50. The summed E-state index contributed by atoms with van der Waals surface area (Å²) in [5, 5.41) is 13.9. The quantitative estimate of drug-likeness (QED) is 0.446. The van der Waals surface area contributed by atoms with Gasteiger partial charge in [0.05, 0.1) is 11.4 Å². The number of halogens is 1. The van der Waals surface area contributed by atoms with E-state index >= 15 is 0 Å². The normalized spacial score (nSPS) is 12.6. The van der Waals surface area contributed by atoms with Crippen LogP contribution in [-0.4, -0.2) is 30.0 Å². The summed E-state index contributed by atoms with van der Waals surface area (Å²) in [7, 11) is 0. The number of rotatable bonds is 5. The molecule has 0 atom stereocenters. The zero-order valence-electron chi connectivity index (χ0n) is 17.4. The van der Waals surface area contributed by atoms with Crippen molar-refractivity contribution in [2.45, 2.75) is 6.92 Å². The van der Waals surface area contributed by atoms with E-state index in [2.05, 4.69) is 10.3 Å². The van der Waals surface area contributed by atoms with Gasteiger partial charge in [0.2, 0.25) is 5.91 Å². The lowest BCUT2D eigenvalue weighted by atomic mass is 10.2. The molecule has 1 aliphatic heterocycles. The molecule has 0 saturated carbocycles. The molecule has 0 radical (unpaired) electrons. The topological polar surface area (TPSA) is 105 Å². The van der Waals surface area contributed by atoms with E-state index in [9.17, 15) is 19.2 Å². The van der Waals surface area contributed by atoms with Gasteiger partial charge in [0.25, 0.3) is 5.91 Å². The molecule has 1 N–H and O–H groups in total. The van der Waals surface area contributed by atoms with Gasteiger partial charge in [-0.15, -0.1) is 11.3 Å². The Kier molecular flexibility index (Phi) is 6.33. The second-order valence-corrected chi connectivity index (χ2v) is 7.68. The van der Waals surface area contributed by atoms with Crippen molar-refractivity contribution in [1.82, 2.24) is 4.98 Å². The van der Waals surface area contributed by atoms with Gasteiger partial charge in [-0.05, 0) is 30.3 Å². The fourth-order valence-electron chi connectivity index (χ4n) is 3.10. The van der Waals surface area contributed by atoms with Crippen molar-refractivity contribution in [3.63, 3.8) is 0 Å². The predicted octanol–water partition coefficient (Wildman–Crippen LogP) is 4.28. The van der Waals surface area contributed by atoms with Gasteiger partial charge >= 0.3 is 0 Å². The Morgan fingerprint density at radius 2 is 1.97 bits per heavy atom. The Bertz CT molecular complexity index is 1300. The van der Waals surface area contributed by atoms with Crippen molar-refractivity contribution >= 4 is 45.7 Å². The SMILES string of the molecule is CC(=O)N(c1nc(/C=C(/C#N)C(=O)Nc2ccc3c(c2)OCCO3)cs1)c1ccccc1F. The van der Waals surface area contributed by atoms with Gasteiger partial charge in [-0.1, -0.05) is 12.1 Å². The third kappa shape index (κ3) is 4.83. The minimum Gasteiger partial charge on any atom is -0.486 e. The summed E-state index contributed by atoms with van der Waals surface area (Å²) < 4.78 is 25.2. The molecule has 4 rings (SSSR count). The van der Waals surface area contributed by atoms with Crippen LogP contribution in [0.4, 0.5) is 20.9 Å². The van der Waals surface area contributed by atoms with Crippen molar-refractivity contribution in [2.75, 3.05) is 23.4 Å². The van der Waals surface area contributed by atoms with Crippen LogP contribution >= 0.6 is 11.3 Å². The molecule has 166 valence electrons. The van der Waals surface area contributed by atoms with Gasteiger partial charge in [-0.25, -0.2) is 9.37 Å². The highest BCUT2D eigenvalue weighted by Gasteiger charge is 2.21. The Morgan fingerprint density at radius 3 is 2.70 bits per heavy atom. The summed E-state index contributed by atoms with van der Waals surface area (Å²) >= 11 is 1.08. The number of amides is 2. The summed E-state index contributed by atoms with van der Waals surface area (Å²) in [5.41, 5.74) is 0.590. The van der Waals surface area contributed by atoms with E-state index in [1.807, 2.05) is 6.07 Å². The third-order valence-electron chi connectivity index (χ3n) is 4.57. The minimum absolute atomic E-state index is 0.0618. The van der Waals surface area contributed by atoms with Crippen LogP contribution in [0.15, 0.2) is 53.4 Å². The third-order valence-corrected chi connectivity index (χ3v) is 5.41. The number of thiazole rings is 1. The average molecular weight is 464 g/mol. The Morgan fingerprint density at radius 1 is 1.21 bits per heavy atom. The van der Waals surface area contributed by atoms with Crippen LogP contribution in [-0.2, 0) is 9.59 Å². The summed E-state index contributed by atoms with van der Waals surface area (Å²) in [6.07, 6.45) is 1.30. The molecule has 3 aromatic rings. The molecule has 8 nitrogen and oxygen atoms in total. The maximum atomic E-state index is 14.2. The first-order valence-electron chi connectivity index (χ1n) is 9.80. The minimum atomic E-state index is -0.638. The zero-order chi connectivity index (χ0) is 23.4. The number of anilines is 3. The lowest BCUT2D eigenvalue weighted by Crippen LogP contribution is -2.23. The molecule has 0 saturated heterocycles. The van der Waals surface area contributed by atoms with E-state index in [0.29, 0.717) is 30.4 Å².